The zero-order valence-electron chi connectivity index (χ0n) is 24.7. The molecule has 2 aromatic heterocycles. The summed E-state index contributed by atoms with van der Waals surface area (Å²) >= 11 is 0. The number of aromatic nitrogens is 3. The van der Waals surface area contributed by atoms with Gasteiger partial charge in [0.05, 0.1) is 12.4 Å². The van der Waals surface area contributed by atoms with Gasteiger partial charge < -0.3 is 36.8 Å². The van der Waals surface area contributed by atoms with E-state index in [1.807, 2.05) is 68.4 Å². The van der Waals surface area contributed by atoms with Crippen LogP contribution in [0.25, 0.3) is 10.9 Å². The summed E-state index contributed by atoms with van der Waals surface area (Å²) in [5.41, 5.74) is 9.33. The topological polar surface area (TPSA) is 195 Å². The van der Waals surface area contributed by atoms with Gasteiger partial charge in [-0.3, -0.25) is 14.4 Å². The van der Waals surface area contributed by atoms with E-state index in [1.165, 1.54) is 12.5 Å². The van der Waals surface area contributed by atoms with Crippen LogP contribution in [0.4, 0.5) is 0 Å². The predicted octanol–water partition coefficient (Wildman–Crippen LogP) is 1.83. The molecule has 0 aliphatic carbocycles. The fraction of sp³-hybridized carbons (Fsp3) is 0.344. The smallest absolute Gasteiger partial charge is 0.326 e. The van der Waals surface area contributed by atoms with Crippen molar-refractivity contribution in [1.29, 1.82) is 0 Å². The van der Waals surface area contributed by atoms with Crippen LogP contribution in [0.5, 0.6) is 0 Å². The first-order valence-corrected chi connectivity index (χ1v) is 14.6. The minimum absolute atomic E-state index is 0.0112. The van der Waals surface area contributed by atoms with E-state index in [2.05, 4.69) is 30.9 Å². The number of hydrogen-bond acceptors (Lipinski definition) is 6. The van der Waals surface area contributed by atoms with Gasteiger partial charge in [-0.25, -0.2) is 9.78 Å². The number of H-pyrrole nitrogens is 2. The summed E-state index contributed by atoms with van der Waals surface area (Å²) in [4.78, 5) is 62.3. The van der Waals surface area contributed by atoms with Crippen molar-refractivity contribution in [3.63, 3.8) is 0 Å². The number of aliphatic carboxylic acids is 1. The van der Waals surface area contributed by atoms with Crippen LogP contribution in [0.1, 0.15) is 37.1 Å². The Balaban J connectivity index is 1.53. The minimum atomic E-state index is -1.24. The van der Waals surface area contributed by atoms with E-state index in [4.69, 9.17) is 5.73 Å². The molecule has 12 heteroatoms. The highest BCUT2D eigenvalue weighted by Gasteiger charge is 2.31. The Labute approximate surface area is 255 Å². The molecule has 2 aromatic carbocycles. The number of para-hydroxylation sites is 1. The number of carboxylic acids is 1. The lowest BCUT2D eigenvalue weighted by atomic mass is 9.99. The van der Waals surface area contributed by atoms with Gasteiger partial charge >= 0.3 is 5.97 Å². The number of hydrogen-bond donors (Lipinski definition) is 7. The van der Waals surface area contributed by atoms with Gasteiger partial charge in [0, 0.05) is 41.8 Å². The SMILES string of the molecule is CC(C)CC(NC(=O)C(Cc1c[nH]c2ccccc12)NC(=O)C(N)Cc1ccccc1)C(=O)NC(Cc1cnc[nH]1)C(=O)O. The van der Waals surface area contributed by atoms with Crippen LogP contribution in [0.15, 0.2) is 73.3 Å². The van der Waals surface area contributed by atoms with E-state index in [1.54, 1.807) is 6.20 Å². The van der Waals surface area contributed by atoms with Gasteiger partial charge in [0.1, 0.15) is 18.1 Å². The lowest BCUT2D eigenvalue weighted by Crippen LogP contribution is -2.58. The molecular weight excluding hydrogens is 562 g/mol. The van der Waals surface area contributed by atoms with Crippen LogP contribution in [-0.2, 0) is 38.4 Å². The zero-order chi connectivity index (χ0) is 31.6. The summed E-state index contributed by atoms with van der Waals surface area (Å²) in [6.45, 7) is 3.78. The van der Waals surface area contributed by atoms with Crippen molar-refractivity contribution in [1.82, 2.24) is 30.9 Å². The molecular formula is C32H39N7O5. The molecule has 0 fully saturated rings. The van der Waals surface area contributed by atoms with Crippen LogP contribution in [0, 0.1) is 5.92 Å². The Kier molecular flexibility index (Phi) is 10.9. The average Bonchev–Trinajstić information content (AvgIpc) is 3.66. The summed E-state index contributed by atoms with van der Waals surface area (Å²) in [6.07, 6.45) is 5.33. The number of nitrogens with two attached hydrogens (primary N) is 1. The van der Waals surface area contributed by atoms with E-state index in [-0.39, 0.29) is 31.6 Å². The van der Waals surface area contributed by atoms with Crippen molar-refractivity contribution >= 4 is 34.6 Å². The van der Waals surface area contributed by atoms with Crippen LogP contribution in [-0.4, -0.2) is 67.9 Å². The summed E-state index contributed by atoms with van der Waals surface area (Å²) in [5, 5.41) is 18.8. The summed E-state index contributed by atoms with van der Waals surface area (Å²) in [5.74, 6) is -2.97. The number of imidazole rings is 1. The van der Waals surface area contributed by atoms with E-state index >= 15 is 0 Å². The number of nitrogens with one attached hydrogen (secondary N) is 5. The molecule has 8 N–H and O–H groups in total. The summed E-state index contributed by atoms with van der Waals surface area (Å²) in [6, 6.07) is 12.7. The van der Waals surface area contributed by atoms with E-state index in [9.17, 15) is 24.3 Å². The van der Waals surface area contributed by atoms with Crippen molar-refractivity contribution < 1.29 is 24.3 Å². The van der Waals surface area contributed by atoms with Crippen molar-refractivity contribution in [3.05, 3.63) is 90.1 Å². The lowest BCUT2D eigenvalue weighted by molar-refractivity contribution is -0.142. The molecule has 4 rings (SSSR count). The number of amides is 3. The standard InChI is InChI=1S/C32H39N7O5/c1-19(2)12-26(30(41)39-28(32(43)44)15-22-17-34-18-36-22)38-31(42)27(14-21-16-35-25-11-7-6-10-23(21)25)37-29(40)24(33)13-20-8-4-3-5-9-20/h3-11,16-19,24,26-28,35H,12-15,33H2,1-2H3,(H,34,36)(H,37,40)(H,38,42)(H,39,41)(H,43,44). The van der Waals surface area contributed by atoms with Crippen molar-refractivity contribution in [2.24, 2.45) is 11.7 Å². The summed E-state index contributed by atoms with van der Waals surface area (Å²) < 4.78 is 0. The molecule has 0 radical (unpaired) electrons. The number of aromatic amines is 2. The molecule has 0 aliphatic heterocycles. The van der Waals surface area contributed by atoms with E-state index in [0.717, 1.165) is 22.0 Å². The lowest BCUT2D eigenvalue weighted by Gasteiger charge is -2.26. The van der Waals surface area contributed by atoms with Gasteiger partial charge in [0.2, 0.25) is 17.7 Å². The van der Waals surface area contributed by atoms with E-state index < -0.39 is 47.9 Å². The number of fused-ring (bicyclic) bond motifs is 1. The molecule has 0 spiro atoms. The van der Waals surface area contributed by atoms with E-state index in [0.29, 0.717) is 5.69 Å². The number of benzene rings is 2. The van der Waals surface area contributed by atoms with Gasteiger partial charge in [0.25, 0.3) is 0 Å². The fourth-order valence-corrected chi connectivity index (χ4v) is 5.03. The maximum atomic E-state index is 13.8. The van der Waals surface area contributed by atoms with Crippen LogP contribution in [0.3, 0.4) is 0 Å². The van der Waals surface area contributed by atoms with Crippen molar-refractivity contribution in [3.8, 4) is 0 Å². The highest BCUT2D eigenvalue weighted by molar-refractivity contribution is 5.95. The largest absolute Gasteiger partial charge is 0.480 e. The maximum Gasteiger partial charge on any atom is 0.326 e. The highest BCUT2D eigenvalue weighted by Crippen LogP contribution is 2.19. The number of carboxylic acid groups (broad SMARTS) is 1. The first-order valence-electron chi connectivity index (χ1n) is 14.6. The Morgan fingerprint density at radius 1 is 0.818 bits per heavy atom. The normalized spacial score (nSPS) is 14.0. The molecule has 4 aromatic rings. The zero-order valence-corrected chi connectivity index (χ0v) is 24.7. The van der Waals surface area contributed by atoms with Gasteiger partial charge in [-0.05, 0) is 36.0 Å². The third-order valence-corrected chi connectivity index (χ3v) is 7.30. The molecule has 44 heavy (non-hydrogen) atoms. The first-order chi connectivity index (χ1) is 21.1. The highest BCUT2D eigenvalue weighted by atomic mass is 16.4. The number of nitrogens with zero attached hydrogens (tertiary/aromatic N) is 1. The first kappa shape index (κ1) is 32.0. The Morgan fingerprint density at radius 2 is 1.48 bits per heavy atom. The Morgan fingerprint density at radius 3 is 2.16 bits per heavy atom. The monoisotopic (exact) mass is 601 g/mol. The second kappa shape index (κ2) is 15.0. The quantitative estimate of drug-likeness (QED) is 0.108. The molecule has 0 bridgehead atoms. The Bertz CT molecular complexity index is 1550. The second-order valence-electron chi connectivity index (χ2n) is 11.3. The second-order valence-corrected chi connectivity index (χ2v) is 11.3. The molecule has 3 amide bonds. The van der Waals surface area contributed by atoms with Crippen LogP contribution in [0.2, 0.25) is 0 Å². The number of rotatable bonds is 15. The molecule has 4 atom stereocenters. The number of carbonyl (C=O) groups excluding carboxylic acids is 3. The van der Waals surface area contributed by atoms with Gasteiger partial charge in [0.15, 0.2) is 0 Å². The average molecular weight is 602 g/mol. The summed E-state index contributed by atoms with van der Waals surface area (Å²) in [7, 11) is 0. The molecule has 4 unspecified atom stereocenters. The molecule has 0 aliphatic rings. The van der Waals surface area contributed by atoms with Crippen LogP contribution < -0.4 is 21.7 Å². The number of carbonyl (C=O) groups is 4. The van der Waals surface area contributed by atoms with Gasteiger partial charge in [-0.2, -0.15) is 0 Å². The molecule has 0 saturated heterocycles. The van der Waals surface area contributed by atoms with Crippen LogP contribution >= 0.6 is 0 Å². The maximum absolute atomic E-state index is 13.8. The van der Waals surface area contributed by atoms with Crippen molar-refractivity contribution in [2.75, 3.05) is 0 Å². The molecule has 2 heterocycles. The molecule has 232 valence electrons. The molecule has 12 nitrogen and oxygen atoms in total. The van der Waals surface area contributed by atoms with Gasteiger partial charge in [-0.15, -0.1) is 0 Å². The van der Waals surface area contributed by atoms with Crippen molar-refractivity contribution in [2.45, 2.75) is 63.7 Å². The Hall–Kier alpha value is -4.97. The molecule has 0 saturated carbocycles. The van der Waals surface area contributed by atoms with Gasteiger partial charge in [-0.1, -0.05) is 62.4 Å². The fourth-order valence-electron chi connectivity index (χ4n) is 5.03. The minimum Gasteiger partial charge on any atom is -0.480 e. The third kappa shape index (κ3) is 8.77. The predicted molar refractivity (Wildman–Crippen MR) is 165 cm³/mol. The third-order valence-electron chi connectivity index (χ3n) is 7.30.